The summed E-state index contributed by atoms with van der Waals surface area (Å²) >= 11 is 0. The first-order valence-electron chi connectivity index (χ1n) is 4.37. The van der Waals surface area contributed by atoms with Crippen molar-refractivity contribution in [3.05, 3.63) is 0 Å². The first-order chi connectivity index (χ1) is 6.39. The van der Waals surface area contributed by atoms with Gasteiger partial charge in [-0.25, -0.2) is 8.42 Å². The van der Waals surface area contributed by atoms with Gasteiger partial charge >= 0.3 is 0 Å². The van der Waals surface area contributed by atoms with E-state index < -0.39 is 22.1 Å². The van der Waals surface area contributed by atoms with Gasteiger partial charge in [-0.3, -0.25) is 5.32 Å². The highest BCUT2D eigenvalue weighted by molar-refractivity contribution is 7.85. The summed E-state index contributed by atoms with van der Waals surface area (Å²) in [5, 5.41) is 20.6. The average molecular weight is 226 g/mol. The number of hydrogen-bond donors (Lipinski definition) is 3. The third-order valence-corrected chi connectivity index (χ3v) is 2.52. The predicted molar refractivity (Wildman–Crippen MR) is 49.5 cm³/mol. The Bertz CT molecular complexity index is 236. The summed E-state index contributed by atoms with van der Waals surface area (Å²) in [5.74, 6) is -0.608. The molecule has 0 aromatic heterocycles. The minimum absolute atomic E-state index is 0.141. The lowest BCUT2D eigenvalue weighted by Gasteiger charge is -2.19. The lowest BCUT2D eigenvalue weighted by molar-refractivity contribution is 0.0994. The van der Waals surface area contributed by atoms with Crippen molar-refractivity contribution in [2.24, 2.45) is 0 Å². The van der Waals surface area contributed by atoms with Crippen LogP contribution in [0.15, 0.2) is 0 Å². The van der Waals surface area contributed by atoms with Crippen molar-refractivity contribution in [1.82, 2.24) is 5.32 Å². The van der Waals surface area contributed by atoms with Crippen LogP contribution in [0.1, 0.15) is 19.8 Å². The molecule has 0 aliphatic heterocycles. The first-order valence-corrected chi connectivity index (χ1v) is 5.95. The highest BCUT2D eigenvalue weighted by Gasteiger charge is 2.11. The number of aliphatic hydroxyl groups is 2. The Morgan fingerprint density at radius 3 is 2.43 bits per heavy atom. The molecule has 86 valence electrons. The Balaban J connectivity index is 3.80. The fraction of sp³-hybridized carbons (Fsp3) is 1.00. The molecule has 2 unspecified atom stereocenters. The number of hydrogen-bond acceptors (Lipinski definition) is 6. The molecule has 0 spiro atoms. The van der Waals surface area contributed by atoms with Gasteiger partial charge in [-0.2, -0.15) is 0 Å². The maximum atomic E-state index is 10.2. The third kappa shape index (κ3) is 7.22. The normalized spacial score (nSPS) is 16.6. The molecule has 2 atom stereocenters. The second-order valence-corrected chi connectivity index (χ2v) is 4.54. The quantitative estimate of drug-likeness (QED) is 0.364. The summed E-state index contributed by atoms with van der Waals surface area (Å²) < 4.78 is 30.7. The molecule has 0 fully saturated rings. The highest BCUT2D eigenvalue weighted by atomic mass is 32.2. The number of nitrogens with one attached hydrogen (secondary N) is 1. The summed E-state index contributed by atoms with van der Waals surface area (Å²) in [6.07, 6.45) is -0.629. The fourth-order valence-electron chi connectivity index (χ4n) is 0.911. The van der Waals surface area contributed by atoms with Crippen LogP contribution in [0.4, 0.5) is 0 Å². The van der Waals surface area contributed by atoms with Crippen LogP contribution in [0.3, 0.4) is 0 Å². The molecular formula is C7H16NO5S-. The zero-order valence-electron chi connectivity index (χ0n) is 8.01. The summed E-state index contributed by atoms with van der Waals surface area (Å²) in [6, 6.07) is -0.278. The van der Waals surface area contributed by atoms with Crippen molar-refractivity contribution >= 4 is 10.1 Å². The van der Waals surface area contributed by atoms with Crippen LogP contribution >= 0.6 is 0 Å². The molecule has 0 aliphatic rings. The van der Waals surface area contributed by atoms with E-state index in [2.05, 4.69) is 5.32 Å². The molecular weight excluding hydrogens is 210 g/mol. The Labute approximate surface area is 83.7 Å². The van der Waals surface area contributed by atoms with Crippen LogP contribution in [0.2, 0.25) is 0 Å². The Hall–Kier alpha value is -0.210. The van der Waals surface area contributed by atoms with Gasteiger partial charge in [0.2, 0.25) is 0 Å². The maximum absolute atomic E-state index is 10.2. The molecule has 0 aromatic rings. The largest absolute Gasteiger partial charge is 0.748 e. The van der Waals surface area contributed by atoms with E-state index in [0.717, 1.165) is 0 Å². The molecule has 0 heterocycles. The fourth-order valence-corrected chi connectivity index (χ4v) is 1.42. The molecule has 0 amide bonds. The molecule has 14 heavy (non-hydrogen) atoms. The van der Waals surface area contributed by atoms with Gasteiger partial charge < -0.3 is 14.8 Å². The van der Waals surface area contributed by atoms with Crippen LogP contribution in [0, 0.1) is 0 Å². The maximum Gasteiger partial charge on any atom is 0.106 e. The molecule has 0 bridgehead atoms. The Kier molecular flexibility index (Phi) is 6.21. The molecule has 0 rings (SSSR count). The summed E-state index contributed by atoms with van der Waals surface area (Å²) in [7, 11) is -4.28. The molecule has 0 saturated heterocycles. The molecule has 7 heteroatoms. The standard InChI is InChI=1S/C7H17NO5S/c1-2-6(5-9)8-7(10)3-4-14(11,12)13/h6-10H,2-5H2,1H3,(H,11,12,13)/p-1. The van der Waals surface area contributed by atoms with Gasteiger partial charge in [-0.05, 0) is 12.8 Å². The van der Waals surface area contributed by atoms with Crippen molar-refractivity contribution in [3.63, 3.8) is 0 Å². The first kappa shape index (κ1) is 13.8. The van der Waals surface area contributed by atoms with E-state index >= 15 is 0 Å². The highest BCUT2D eigenvalue weighted by Crippen LogP contribution is 1.96. The predicted octanol–water partition coefficient (Wildman–Crippen LogP) is -1.40. The second-order valence-electron chi connectivity index (χ2n) is 3.02. The Morgan fingerprint density at radius 1 is 1.50 bits per heavy atom. The van der Waals surface area contributed by atoms with Crippen molar-refractivity contribution in [2.75, 3.05) is 12.4 Å². The third-order valence-electron chi connectivity index (χ3n) is 1.78. The molecule has 0 aromatic carbocycles. The van der Waals surface area contributed by atoms with Crippen molar-refractivity contribution < 1.29 is 23.2 Å². The van der Waals surface area contributed by atoms with Gasteiger partial charge in [0.25, 0.3) is 0 Å². The molecule has 0 radical (unpaired) electrons. The summed E-state index contributed by atoms with van der Waals surface area (Å²) in [4.78, 5) is 0. The molecule has 0 saturated carbocycles. The van der Waals surface area contributed by atoms with Gasteiger partial charge in [0.15, 0.2) is 0 Å². The van der Waals surface area contributed by atoms with Gasteiger partial charge in [-0.15, -0.1) is 0 Å². The van der Waals surface area contributed by atoms with Crippen LogP contribution in [0.5, 0.6) is 0 Å². The van der Waals surface area contributed by atoms with Crippen LogP contribution in [0.25, 0.3) is 0 Å². The molecule has 3 N–H and O–H groups in total. The van der Waals surface area contributed by atoms with E-state index in [0.29, 0.717) is 6.42 Å². The number of aliphatic hydroxyl groups excluding tert-OH is 2. The summed E-state index contributed by atoms with van der Waals surface area (Å²) in [6.45, 7) is 1.67. The van der Waals surface area contributed by atoms with E-state index in [1.54, 1.807) is 0 Å². The van der Waals surface area contributed by atoms with E-state index in [-0.39, 0.29) is 19.1 Å². The van der Waals surface area contributed by atoms with E-state index in [1.807, 2.05) is 6.92 Å². The lowest BCUT2D eigenvalue weighted by Crippen LogP contribution is -2.41. The van der Waals surface area contributed by atoms with E-state index in [9.17, 15) is 18.1 Å². The van der Waals surface area contributed by atoms with E-state index in [1.165, 1.54) is 0 Å². The van der Waals surface area contributed by atoms with Crippen molar-refractivity contribution in [3.8, 4) is 0 Å². The topological polar surface area (TPSA) is 110 Å². The van der Waals surface area contributed by atoms with Crippen LogP contribution < -0.4 is 5.32 Å². The van der Waals surface area contributed by atoms with Crippen molar-refractivity contribution in [2.45, 2.75) is 32.0 Å². The summed E-state index contributed by atoms with van der Waals surface area (Å²) in [5.41, 5.74) is 0. The van der Waals surface area contributed by atoms with Gasteiger partial charge in [0.1, 0.15) is 6.23 Å². The SMILES string of the molecule is CCC(CO)NC(O)CCS(=O)(=O)[O-]. The van der Waals surface area contributed by atoms with Crippen LogP contribution in [-0.2, 0) is 10.1 Å². The monoisotopic (exact) mass is 226 g/mol. The van der Waals surface area contributed by atoms with E-state index in [4.69, 9.17) is 5.11 Å². The Morgan fingerprint density at radius 2 is 2.07 bits per heavy atom. The number of rotatable bonds is 7. The zero-order valence-corrected chi connectivity index (χ0v) is 8.83. The van der Waals surface area contributed by atoms with Gasteiger partial charge in [0.05, 0.1) is 16.7 Å². The molecule has 0 aliphatic carbocycles. The lowest BCUT2D eigenvalue weighted by atomic mass is 10.2. The second kappa shape index (κ2) is 6.31. The average Bonchev–Trinajstić information content (AvgIpc) is 2.09. The zero-order chi connectivity index (χ0) is 11.2. The van der Waals surface area contributed by atoms with Crippen LogP contribution in [-0.4, -0.2) is 47.8 Å². The molecule has 6 nitrogen and oxygen atoms in total. The van der Waals surface area contributed by atoms with Crippen molar-refractivity contribution in [1.29, 1.82) is 0 Å². The van der Waals surface area contributed by atoms with Gasteiger partial charge in [0, 0.05) is 11.8 Å². The smallest absolute Gasteiger partial charge is 0.106 e. The minimum atomic E-state index is -4.28. The minimum Gasteiger partial charge on any atom is -0.748 e. The van der Waals surface area contributed by atoms with Gasteiger partial charge in [-0.1, -0.05) is 6.92 Å².